The van der Waals surface area contributed by atoms with Gasteiger partial charge in [-0.2, -0.15) is 0 Å². The summed E-state index contributed by atoms with van der Waals surface area (Å²) < 4.78 is 18.4. The number of hydrogen-bond acceptors (Lipinski definition) is 4. The number of piperazine rings is 1. The molecule has 7 heteroatoms. The number of methoxy groups -OCH3 is 1. The summed E-state index contributed by atoms with van der Waals surface area (Å²) in [5.74, 6) is 6.03. The zero-order valence-corrected chi connectivity index (χ0v) is 19.7. The highest BCUT2D eigenvalue weighted by Gasteiger charge is 2.54. The van der Waals surface area contributed by atoms with Gasteiger partial charge >= 0.3 is 0 Å². The van der Waals surface area contributed by atoms with Gasteiger partial charge in [0.05, 0.1) is 25.8 Å². The summed E-state index contributed by atoms with van der Waals surface area (Å²) in [5, 5.41) is 10.0. The highest BCUT2D eigenvalue weighted by molar-refractivity contribution is 5.97. The molecule has 2 saturated heterocycles. The van der Waals surface area contributed by atoms with Crippen LogP contribution in [0.2, 0.25) is 0 Å². The number of aliphatic hydroxyl groups is 1. The number of halogens is 1. The molecule has 2 amide bonds. The van der Waals surface area contributed by atoms with Gasteiger partial charge in [-0.15, -0.1) is 0 Å². The average molecular weight is 485 g/mol. The first kappa shape index (κ1) is 23.6. The third kappa shape index (κ3) is 4.43. The van der Waals surface area contributed by atoms with Crippen LogP contribution >= 0.6 is 0 Å². The number of amides is 2. The Morgan fingerprint density at radius 1 is 1.00 bits per heavy atom. The number of nitrogens with zero attached hydrogens (tertiary/aromatic N) is 2. The highest BCUT2D eigenvalue weighted by Crippen LogP contribution is 2.43. The molecular formula is C29H25FN2O4. The van der Waals surface area contributed by atoms with Gasteiger partial charge in [-0.05, 0) is 66.2 Å². The fourth-order valence-electron chi connectivity index (χ4n) is 5.04. The monoisotopic (exact) mass is 484 g/mol. The van der Waals surface area contributed by atoms with Gasteiger partial charge in [-0.25, -0.2) is 4.39 Å². The normalized spacial score (nSPS) is 20.6. The van der Waals surface area contributed by atoms with E-state index in [2.05, 4.69) is 11.8 Å². The largest absolute Gasteiger partial charge is 0.497 e. The molecule has 0 spiro atoms. The summed E-state index contributed by atoms with van der Waals surface area (Å²) in [5.41, 5.74) is 3.04. The average Bonchev–Trinajstić information content (AvgIpc) is 2.89. The lowest BCUT2D eigenvalue weighted by molar-refractivity contribution is -0.159. The summed E-state index contributed by atoms with van der Waals surface area (Å²) in [6.07, 6.45) is 0. The second-order valence-electron chi connectivity index (χ2n) is 8.94. The van der Waals surface area contributed by atoms with Crippen molar-refractivity contribution in [3.63, 3.8) is 0 Å². The van der Waals surface area contributed by atoms with E-state index in [-0.39, 0.29) is 43.0 Å². The number of rotatable bonds is 4. The molecule has 3 aromatic carbocycles. The van der Waals surface area contributed by atoms with Gasteiger partial charge < -0.3 is 19.6 Å². The van der Waals surface area contributed by atoms with Gasteiger partial charge in [0.25, 0.3) is 5.91 Å². The third-order valence-electron chi connectivity index (χ3n) is 6.87. The molecule has 36 heavy (non-hydrogen) atoms. The molecule has 0 radical (unpaired) electrons. The number of benzene rings is 3. The molecule has 5 rings (SSSR count). The summed E-state index contributed by atoms with van der Waals surface area (Å²) in [6.45, 7) is 0.135. The second kappa shape index (κ2) is 9.84. The second-order valence-corrected chi connectivity index (χ2v) is 8.94. The molecule has 0 saturated carbocycles. The summed E-state index contributed by atoms with van der Waals surface area (Å²) in [6, 6.07) is 20.1. The van der Waals surface area contributed by atoms with Crippen molar-refractivity contribution in [1.29, 1.82) is 0 Å². The van der Waals surface area contributed by atoms with E-state index in [0.29, 0.717) is 12.1 Å². The van der Waals surface area contributed by atoms with Crippen molar-refractivity contribution < 1.29 is 23.8 Å². The summed E-state index contributed by atoms with van der Waals surface area (Å²) in [4.78, 5) is 29.0. The first-order valence-electron chi connectivity index (χ1n) is 11.7. The number of hydrogen-bond donors (Lipinski definition) is 1. The first-order chi connectivity index (χ1) is 17.5. The smallest absolute Gasteiger partial charge is 0.254 e. The zero-order chi connectivity index (χ0) is 25.2. The quantitative estimate of drug-likeness (QED) is 0.578. The van der Waals surface area contributed by atoms with Crippen LogP contribution in [0.25, 0.3) is 0 Å². The van der Waals surface area contributed by atoms with Gasteiger partial charge in [0.2, 0.25) is 5.91 Å². The molecule has 2 aliphatic rings. The van der Waals surface area contributed by atoms with Crippen molar-refractivity contribution in [1.82, 2.24) is 9.80 Å². The molecule has 182 valence electrons. The van der Waals surface area contributed by atoms with Gasteiger partial charge in [-0.1, -0.05) is 24.0 Å². The lowest BCUT2D eigenvalue weighted by atomic mass is 9.73. The van der Waals surface area contributed by atoms with E-state index in [1.165, 1.54) is 29.2 Å². The van der Waals surface area contributed by atoms with Crippen LogP contribution < -0.4 is 4.74 Å². The fourth-order valence-corrected chi connectivity index (χ4v) is 5.04. The summed E-state index contributed by atoms with van der Waals surface area (Å²) in [7, 11) is 1.62. The molecule has 2 aliphatic heterocycles. The maximum atomic E-state index is 13.3. The maximum absolute atomic E-state index is 13.3. The van der Waals surface area contributed by atoms with E-state index >= 15 is 0 Å². The molecule has 0 aliphatic carbocycles. The Hall–Kier alpha value is -4.15. The molecule has 1 N–H and O–H groups in total. The van der Waals surface area contributed by atoms with Crippen molar-refractivity contribution in [3.05, 3.63) is 101 Å². The Morgan fingerprint density at radius 2 is 1.61 bits per heavy atom. The van der Waals surface area contributed by atoms with E-state index in [0.717, 1.165) is 22.4 Å². The van der Waals surface area contributed by atoms with Crippen molar-refractivity contribution in [2.75, 3.05) is 26.8 Å². The highest BCUT2D eigenvalue weighted by atomic mass is 19.1. The van der Waals surface area contributed by atoms with Crippen LogP contribution in [0.15, 0.2) is 72.8 Å². The van der Waals surface area contributed by atoms with E-state index in [1.54, 1.807) is 12.0 Å². The number of carbonyl (C=O) groups is 2. The summed E-state index contributed by atoms with van der Waals surface area (Å²) >= 11 is 0. The van der Waals surface area contributed by atoms with Crippen molar-refractivity contribution in [2.24, 2.45) is 0 Å². The predicted molar refractivity (Wildman–Crippen MR) is 132 cm³/mol. The Labute approximate surface area is 208 Å². The van der Waals surface area contributed by atoms with Crippen LogP contribution in [0.5, 0.6) is 5.75 Å². The molecule has 0 aromatic heterocycles. The minimum absolute atomic E-state index is 0.0597. The Bertz CT molecular complexity index is 1330. The molecule has 2 fully saturated rings. The van der Waals surface area contributed by atoms with E-state index < -0.39 is 5.82 Å². The third-order valence-corrected chi connectivity index (χ3v) is 6.87. The minimum Gasteiger partial charge on any atom is -0.497 e. The van der Waals surface area contributed by atoms with Crippen LogP contribution in [0.1, 0.15) is 33.0 Å². The number of ether oxygens (including phenoxy) is 1. The topological polar surface area (TPSA) is 70.1 Å². The molecular weight excluding hydrogens is 459 g/mol. The molecule has 3 atom stereocenters. The van der Waals surface area contributed by atoms with Crippen LogP contribution in [-0.4, -0.2) is 65.6 Å². The van der Waals surface area contributed by atoms with Crippen molar-refractivity contribution in [3.8, 4) is 17.6 Å². The first-order valence-corrected chi connectivity index (χ1v) is 11.7. The van der Waals surface area contributed by atoms with Crippen molar-refractivity contribution in [2.45, 2.75) is 18.0 Å². The standard InChI is InChI=1S/C29H25FN2O4/c1-36-24-14-6-20(7-15-24)3-2-19-4-8-21(9-5-19)28-25-16-31(17-27(34)32(25)26(28)18-33)29(35)22-10-12-23(30)13-11-22/h4-15,25-26,28,33H,16-18H2,1H3/t25-,26+,28+/m0/s1. The molecule has 2 heterocycles. The molecule has 0 unspecified atom stereocenters. The lowest BCUT2D eigenvalue weighted by Gasteiger charge is -2.58. The maximum Gasteiger partial charge on any atom is 0.254 e. The SMILES string of the molecule is COc1ccc(C#Cc2ccc([C@H]3[C@@H](CO)N4C(=O)CN(C(=O)c5ccc(F)cc5)C[C@@H]34)cc2)cc1. The Kier molecular flexibility index (Phi) is 6.45. The van der Waals surface area contributed by atoms with Gasteiger partial charge in [0, 0.05) is 29.2 Å². The fraction of sp³-hybridized carbons (Fsp3) is 0.241. The Morgan fingerprint density at radius 3 is 2.19 bits per heavy atom. The lowest BCUT2D eigenvalue weighted by Crippen LogP contribution is -2.73. The van der Waals surface area contributed by atoms with E-state index in [9.17, 15) is 19.1 Å². The predicted octanol–water partition coefficient (Wildman–Crippen LogP) is 3.05. The van der Waals surface area contributed by atoms with Crippen LogP contribution in [0, 0.1) is 17.7 Å². The number of aliphatic hydroxyl groups excluding tert-OH is 1. The van der Waals surface area contributed by atoms with Gasteiger partial charge in [-0.3, -0.25) is 9.59 Å². The van der Waals surface area contributed by atoms with E-state index in [4.69, 9.17) is 4.74 Å². The number of fused-ring (bicyclic) bond motifs is 1. The van der Waals surface area contributed by atoms with Crippen LogP contribution in [0.3, 0.4) is 0 Å². The van der Waals surface area contributed by atoms with E-state index in [1.807, 2.05) is 48.5 Å². The molecule has 6 nitrogen and oxygen atoms in total. The van der Waals surface area contributed by atoms with Crippen LogP contribution in [0.4, 0.5) is 4.39 Å². The van der Waals surface area contributed by atoms with Gasteiger partial charge in [0.1, 0.15) is 18.1 Å². The molecule has 3 aromatic rings. The molecule has 0 bridgehead atoms. The minimum atomic E-state index is -0.422. The zero-order valence-electron chi connectivity index (χ0n) is 19.7. The van der Waals surface area contributed by atoms with Gasteiger partial charge in [0.15, 0.2) is 0 Å². The van der Waals surface area contributed by atoms with Crippen LogP contribution in [-0.2, 0) is 4.79 Å². The Balaban J connectivity index is 1.32. The van der Waals surface area contributed by atoms with Crippen molar-refractivity contribution >= 4 is 11.8 Å². The number of carbonyl (C=O) groups excluding carboxylic acids is 2.